The second-order valence-corrected chi connectivity index (χ2v) is 5.27. The summed E-state index contributed by atoms with van der Waals surface area (Å²) in [5.74, 6) is -2.87. The molecule has 8 nitrogen and oxygen atoms in total. The predicted molar refractivity (Wildman–Crippen MR) is 85.2 cm³/mol. The molecule has 0 bridgehead atoms. The highest BCUT2D eigenvalue weighted by molar-refractivity contribution is 7.79. The average Bonchev–Trinajstić information content (AvgIpc) is 2.50. The molecule has 0 unspecified atom stereocenters. The zero-order valence-corrected chi connectivity index (χ0v) is 13.1. The molecule has 0 fully saturated rings. The third-order valence-corrected chi connectivity index (χ3v) is 2.48. The Kier molecular flexibility index (Phi) is 7.11. The van der Waals surface area contributed by atoms with Crippen LogP contribution in [0.1, 0.15) is 15.9 Å². The molecule has 0 radical (unpaired) electrons. The van der Waals surface area contributed by atoms with Gasteiger partial charge in [-0.2, -0.15) is 13.5 Å². The van der Waals surface area contributed by atoms with E-state index in [1.54, 1.807) is 12.1 Å². The van der Waals surface area contributed by atoms with Gasteiger partial charge in [-0.1, -0.05) is 6.07 Å². The first-order valence-corrected chi connectivity index (χ1v) is 7.73. The summed E-state index contributed by atoms with van der Waals surface area (Å²) in [7, 11) is -4.67. The number of aromatic carboxylic acids is 1. The number of benzene rings is 2. The van der Waals surface area contributed by atoms with E-state index in [0.29, 0.717) is 11.3 Å². The molecule has 11 heteroatoms. The van der Waals surface area contributed by atoms with Gasteiger partial charge in [0, 0.05) is 0 Å². The van der Waals surface area contributed by atoms with Crippen LogP contribution >= 0.6 is 0 Å². The molecule has 0 saturated carbocycles. The second kappa shape index (κ2) is 8.82. The Morgan fingerprint density at radius 3 is 2.08 bits per heavy atom. The molecule has 4 N–H and O–H groups in total. The normalized spacial score (nSPS) is 10.9. The number of hydrazone groups is 1. The topological polar surface area (TPSA) is 136 Å². The number of rotatable bonds is 4. The summed E-state index contributed by atoms with van der Waals surface area (Å²) in [4.78, 5) is 10.7. The Hall–Kier alpha value is -2.89. The highest BCUT2D eigenvalue weighted by atomic mass is 32.3. The van der Waals surface area contributed by atoms with E-state index in [1.165, 1.54) is 24.4 Å². The van der Waals surface area contributed by atoms with E-state index in [-0.39, 0.29) is 5.56 Å². The van der Waals surface area contributed by atoms with E-state index in [0.717, 1.165) is 12.1 Å². The molecule has 2 aromatic rings. The Balaban J connectivity index is 0.000000550. The van der Waals surface area contributed by atoms with Gasteiger partial charge in [0.15, 0.2) is 11.6 Å². The maximum atomic E-state index is 12.9. The van der Waals surface area contributed by atoms with Crippen molar-refractivity contribution in [1.82, 2.24) is 0 Å². The van der Waals surface area contributed by atoms with Crippen LogP contribution in [0.2, 0.25) is 0 Å². The molecule has 0 saturated heterocycles. The maximum absolute atomic E-state index is 12.9. The molecule has 0 atom stereocenters. The van der Waals surface area contributed by atoms with Crippen molar-refractivity contribution in [2.75, 3.05) is 5.43 Å². The van der Waals surface area contributed by atoms with Crippen molar-refractivity contribution >= 4 is 28.3 Å². The van der Waals surface area contributed by atoms with E-state index in [4.69, 9.17) is 22.6 Å². The summed E-state index contributed by atoms with van der Waals surface area (Å²) >= 11 is 0. The lowest BCUT2D eigenvalue weighted by Gasteiger charge is -2.00. The SMILES string of the molecule is O=C(O)c1ccc(NN=Cc2ccc(F)c(F)c2)cc1.O=S(=O)(O)O. The van der Waals surface area contributed by atoms with E-state index in [2.05, 4.69) is 10.5 Å². The summed E-state index contributed by atoms with van der Waals surface area (Å²) in [6.07, 6.45) is 1.33. The van der Waals surface area contributed by atoms with Crippen LogP contribution in [0, 0.1) is 11.6 Å². The first kappa shape index (κ1) is 20.2. The van der Waals surface area contributed by atoms with E-state index < -0.39 is 28.0 Å². The number of carboxylic acid groups (broad SMARTS) is 1. The van der Waals surface area contributed by atoms with Crippen LogP contribution in [0.5, 0.6) is 0 Å². The van der Waals surface area contributed by atoms with Crippen LogP contribution in [-0.4, -0.2) is 34.8 Å². The number of carbonyl (C=O) groups is 1. The zero-order valence-electron chi connectivity index (χ0n) is 12.3. The molecule has 2 rings (SSSR count). The predicted octanol–water partition coefficient (Wildman–Crippen LogP) is 2.46. The van der Waals surface area contributed by atoms with Crippen LogP contribution in [0.3, 0.4) is 0 Å². The van der Waals surface area contributed by atoms with Gasteiger partial charge >= 0.3 is 16.4 Å². The molecule has 0 amide bonds. The third-order valence-electron chi connectivity index (χ3n) is 2.48. The Morgan fingerprint density at radius 1 is 1.04 bits per heavy atom. The van der Waals surface area contributed by atoms with Crippen molar-refractivity contribution in [2.24, 2.45) is 5.10 Å². The first-order valence-electron chi connectivity index (χ1n) is 6.33. The molecule has 0 aliphatic carbocycles. The van der Waals surface area contributed by atoms with Crippen molar-refractivity contribution in [3.8, 4) is 0 Å². The quantitative estimate of drug-likeness (QED) is 0.366. The minimum atomic E-state index is -4.67. The minimum absolute atomic E-state index is 0.167. The zero-order chi connectivity index (χ0) is 19.0. The molecule has 2 aromatic carbocycles. The Morgan fingerprint density at radius 2 is 1.60 bits per heavy atom. The van der Waals surface area contributed by atoms with Crippen LogP contribution in [0.15, 0.2) is 47.6 Å². The van der Waals surface area contributed by atoms with E-state index in [1.807, 2.05) is 0 Å². The largest absolute Gasteiger partial charge is 0.478 e. The van der Waals surface area contributed by atoms with Crippen molar-refractivity contribution in [1.29, 1.82) is 0 Å². The average molecular weight is 374 g/mol. The number of halogens is 2. The Labute approximate surface area is 141 Å². The van der Waals surface area contributed by atoms with Crippen molar-refractivity contribution in [2.45, 2.75) is 0 Å². The monoisotopic (exact) mass is 374 g/mol. The van der Waals surface area contributed by atoms with Crippen LogP contribution < -0.4 is 5.43 Å². The lowest BCUT2D eigenvalue weighted by Crippen LogP contribution is -1.96. The molecule has 0 aliphatic heterocycles. The van der Waals surface area contributed by atoms with Gasteiger partial charge in [0.2, 0.25) is 0 Å². The second-order valence-electron chi connectivity index (χ2n) is 4.37. The van der Waals surface area contributed by atoms with Gasteiger partial charge in [0.1, 0.15) is 0 Å². The summed E-state index contributed by atoms with van der Waals surface area (Å²) < 4.78 is 57.2. The molecule has 0 aliphatic rings. The fourth-order valence-corrected chi connectivity index (χ4v) is 1.46. The van der Waals surface area contributed by atoms with Crippen molar-refractivity contribution in [3.63, 3.8) is 0 Å². The summed E-state index contributed by atoms with van der Waals surface area (Å²) in [6.45, 7) is 0. The number of nitrogens with one attached hydrogen (secondary N) is 1. The van der Waals surface area contributed by atoms with Gasteiger partial charge in [-0.15, -0.1) is 0 Å². The summed E-state index contributed by atoms with van der Waals surface area (Å²) in [5.41, 5.74) is 3.80. The van der Waals surface area contributed by atoms with Gasteiger partial charge < -0.3 is 5.11 Å². The first-order chi connectivity index (χ1) is 11.6. The van der Waals surface area contributed by atoms with Crippen LogP contribution in [-0.2, 0) is 10.4 Å². The van der Waals surface area contributed by atoms with Crippen LogP contribution in [0.4, 0.5) is 14.5 Å². The number of hydrogen-bond donors (Lipinski definition) is 4. The lowest BCUT2D eigenvalue weighted by molar-refractivity contribution is 0.0697. The van der Waals surface area contributed by atoms with Crippen LogP contribution in [0.25, 0.3) is 0 Å². The number of carboxylic acids is 1. The summed E-state index contributed by atoms with van der Waals surface area (Å²) in [5, 5.41) is 12.6. The molecular formula is C14H12F2N2O6S. The van der Waals surface area contributed by atoms with Crippen molar-refractivity contribution in [3.05, 3.63) is 65.2 Å². The standard InChI is InChI=1S/C14H10F2N2O2.H2O4S/c15-12-6-1-9(7-13(12)16)8-17-18-11-4-2-10(3-5-11)14(19)20;1-5(2,3)4/h1-8,18H,(H,19,20);(H2,1,2,3,4). The highest BCUT2D eigenvalue weighted by Crippen LogP contribution is 2.10. The highest BCUT2D eigenvalue weighted by Gasteiger charge is 2.01. The van der Waals surface area contributed by atoms with Gasteiger partial charge in [-0.25, -0.2) is 13.6 Å². The molecule has 0 spiro atoms. The number of anilines is 1. The fraction of sp³-hybridized carbons (Fsp3) is 0. The van der Waals surface area contributed by atoms with E-state index >= 15 is 0 Å². The van der Waals surface area contributed by atoms with Crippen molar-refractivity contribution < 1.29 is 36.2 Å². The fourth-order valence-electron chi connectivity index (χ4n) is 1.46. The maximum Gasteiger partial charge on any atom is 0.394 e. The van der Waals surface area contributed by atoms with Gasteiger partial charge in [-0.3, -0.25) is 14.5 Å². The molecule has 134 valence electrons. The number of nitrogens with zero attached hydrogens (tertiary/aromatic N) is 1. The molecule has 0 heterocycles. The van der Waals surface area contributed by atoms with Gasteiger partial charge in [0.05, 0.1) is 17.5 Å². The lowest BCUT2D eigenvalue weighted by atomic mass is 10.2. The molecule has 0 aromatic heterocycles. The smallest absolute Gasteiger partial charge is 0.394 e. The van der Waals surface area contributed by atoms with Gasteiger partial charge in [0.25, 0.3) is 0 Å². The Bertz CT molecular complexity index is 861. The van der Waals surface area contributed by atoms with E-state index in [9.17, 15) is 13.6 Å². The minimum Gasteiger partial charge on any atom is -0.478 e. The third kappa shape index (κ3) is 8.50. The molecule has 25 heavy (non-hydrogen) atoms. The molecular weight excluding hydrogens is 362 g/mol. The number of hydrogen-bond acceptors (Lipinski definition) is 5. The summed E-state index contributed by atoms with van der Waals surface area (Å²) in [6, 6.07) is 9.37. The van der Waals surface area contributed by atoms with Gasteiger partial charge in [-0.05, 0) is 42.0 Å².